The zero-order valence-electron chi connectivity index (χ0n) is 15.6. The number of aromatic nitrogens is 2. The van der Waals surface area contributed by atoms with Crippen molar-refractivity contribution in [2.75, 3.05) is 7.11 Å². The Hall–Kier alpha value is -2.49. The topological polar surface area (TPSA) is 52.1 Å². The van der Waals surface area contributed by atoms with Crippen molar-refractivity contribution in [3.63, 3.8) is 0 Å². The van der Waals surface area contributed by atoms with E-state index in [2.05, 4.69) is 45.0 Å². The van der Waals surface area contributed by atoms with Gasteiger partial charge in [0.05, 0.1) is 29.5 Å². The summed E-state index contributed by atoms with van der Waals surface area (Å²) in [5.74, 6) is -0.181. The monoisotopic (exact) mass is 346 g/mol. The van der Waals surface area contributed by atoms with Gasteiger partial charge in [-0.3, -0.25) is 4.79 Å². The SMILES string of the molecule is COC(=O)[C@@]12CC[C@](C)(c3nc4cc5ccccc5cc4nc31)C2(C)C. The lowest BCUT2D eigenvalue weighted by molar-refractivity contribution is -0.151. The third-order valence-corrected chi connectivity index (χ3v) is 7.44. The molecule has 0 radical (unpaired) electrons. The largest absolute Gasteiger partial charge is 0.468 e. The molecule has 26 heavy (non-hydrogen) atoms. The van der Waals surface area contributed by atoms with E-state index < -0.39 is 5.41 Å². The summed E-state index contributed by atoms with van der Waals surface area (Å²) in [5, 5.41) is 2.29. The van der Waals surface area contributed by atoms with Gasteiger partial charge in [-0.25, -0.2) is 9.97 Å². The van der Waals surface area contributed by atoms with Gasteiger partial charge < -0.3 is 4.74 Å². The van der Waals surface area contributed by atoms with Gasteiger partial charge in [0.25, 0.3) is 0 Å². The maximum Gasteiger partial charge on any atom is 0.318 e. The van der Waals surface area contributed by atoms with Crippen molar-refractivity contribution in [3.8, 4) is 0 Å². The highest BCUT2D eigenvalue weighted by atomic mass is 16.5. The molecule has 132 valence electrons. The summed E-state index contributed by atoms with van der Waals surface area (Å²) < 4.78 is 5.27. The molecule has 1 fully saturated rings. The first-order valence-electron chi connectivity index (χ1n) is 9.15. The maximum atomic E-state index is 13.0. The third-order valence-electron chi connectivity index (χ3n) is 7.44. The molecule has 4 nitrogen and oxygen atoms in total. The fourth-order valence-corrected chi connectivity index (χ4v) is 5.41. The second kappa shape index (κ2) is 4.61. The summed E-state index contributed by atoms with van der Waals surface area (Å²) in [6.45, 7) is 6.56. The highest BCUT2D eigenvalue weighted by Crippen LogP contribution is 2.70. The molecule has 4 heteroatoms. The summed E-state index contributed by atoms with van der Waals surface area (Å²) in [5.41, 5.74) is 2.37. The second-order valence-electron chi connectivity index (χ2n) is 8.46. The van der Waals surface area contributed by atoms with E-state index in [0.717, 1.165) is 46.0 Å². The van der Waals surface area contributed by atoms with E-state index >= 15 is 0 Å². The zero-order chi connectivity index (χ0) is 18.3. The van der Waals surface area contributed by atoms with Gasteiger partial charge in [-0.2, -0.15) is 0 Å². The predicted molar refractivity (Wildman–Crippen MR) is 101 cm³/mol. The standard InChI is InChI=1S/C22H22N2O2/c1-20(2)21(3)9-10-22(20,19(25)26-4)18-17(21)23-15-11-13-7-5-6-8-14(13)12-16(15)24-18/h5-8,11-12H,9-10H2,1-4H3/t21-,22-/m1/s1. The van der Waals surface area contributed by atoms with Crippen LogP contribution in [0.15, 0.2) is 36.4 Å². The minimum absolute atomic E-state index is 0.177. The van der Waals surface area contributed by atoms with Crippen LogP contribution in [0.4, 0.5) is 0 Å². The Bertz CT molecular complexity index is 1100. The van der Waals surface area contributed by atoms with E-state index in [4.69, 9.17) is 14.7 Å². The minimum Gasteiger partial charge on any atom is -0.468 e. The van der Waals surface area contributed by atoms with Crippen LogP contribution in [0, 0.1) is 5.41 Å². The lowest BCUT2D eigenvalue weighted by atomic mass is 9.64. The van der Waals surface area contributed by atoms with Crippen molar-refractivity contribution in [3.05, 3.63) is 47.8 Å². The van der Waals surface area contributed by atoms with E-state index in [1.165, 1.54) is 7.11 Å². The minimum atomic E-state index is -0.710. The molecule has 0 N–H and O–H groups in total. The first-order valence-corrected chi connectivity index (χ1v) is 9.15. The maximum absolute atomic E-state index is 13.0. The number of benzene rings is 2. The molecule has 0 aliphatic heterocycles. The van der Waals surface area contributed by atoms with Gasteiger partial charge in [0.1, 0.15) is 5.41 Å². The van der Waals surface area contributed by atoms with Crippen LogP contribution >= 0.6 is 0 Å². The molecule has 2 atom stereocenters. The predicted octanol–water partition coefficient (Wildman–Crippen LogP) is 4.29. The normalized spacial score (nSPS) is 28.5. The summed E-state index contributed by atoms with van der Waals surface area (Å²) >= 11 is 0. The van der Waals surface area contributed by atoms with Crippen LogP contribution in [0.1, 0.15) is 45.0 Å². The Morgan fingerprint density at radius 2 is 1.54 bits per heavy atom. The lowest BCUT2D eigenvalue weighted by Gasteiger charge is -2.38. The molecule has 1 saturated carbocycles. The third kappa shape index (κ3) is 1.51. The average molecular weight is 346 g/mol. The van der Waals surface area contributed by atoms with Gasteiger partial charge in [0.15, 0.2) is 0 Å². The molecule has 2 aliphatic carbocycles. The van der Waals surface area contributed by atoms with Gasteiger partial charge in [-0.1, -0.05) is 45.0 Å². The molecule has 0 spiro atoms. The molecule has 1 aromatic heterocycles. The van der Waals surface area contributed by atoms with Gasteiger partial charge in [0.2, 0.25) is 0 Å². The molecular formula is C22H22N2O2. The smallest absolute Gasteiger partial charge is 0.318 e. The molecule has 0 unspecified atom stereocenters. The van der Waals surface area contributed by atoms with Crippen molar-refractivity contribution in [1.82, 2.24) is 9.97 Å². The summed E-state index contributed by atoms with van der Waals surface area (Å²) in [7, 11) is 1.48. The van der Waals surface area contributed by atoms with Crippen LogP contribution in [0.3, 0.4) is 0 Å². The molecular weight excluding hydrogens is 324 g/mol. The van der Waals surface area contributed by atoms with Crippen molar-refractivity contribution >= 4 is 27.8 Å². The molecule has 5 rings (SSSR count). The Labute approximate surface area is 152 Å². The van der Waals surface area contributed by atoms with E-state index in [9.17, 15) is 4.79 Å². The second-order valence-corrected chi connectivity index (χ2v) is 8.46. The first-order chi connectivity index (χ1) is 12.3. The number of hydrogen-bond donors (Lipinski definition) is 0. The van der Waals surface area contributed by atoms with E-state index in [0.29, 0.717) is 0 Å². The van der Waals surface area contributed by atoms with Crippen LogP contribution in [0.2, 0.25) is 0 Å². The Morgan fingerprint density at radius 1 is 0.962 bits per heavy atom. The Kier molecular flexibility index (Phi) is 2.79. The van der Waals surface area contributed by atoms with E-state index in [1.807, 2.05) is 12.1 Å². The molecule has 0 amide bonds. The Balaban J connectivity index is 1.89. The molecule has 2 bridgehead atoms. The van der Waals surface area contributed by atoms with Crippen LogP contribution in [-0.4, -0.2) is 23.0 Å². The number of fused-ring (bicyclic) bond motifs is 7. The number of methoxy groups -OCH3 is 1. The Morgan fingerprint density at radius 3 is 2.12 bits per heavy atom. The zero-order valence-corrected chi connectivity index (χ0v) is 15.6. The molecule has 0 saturated heterocycles. The molecule has 1 heterocycles. The number of esters is 1. The average Bonchev–Trinajstić information content (AvgIpc) is 2.93. The van der Waals surface area contributed by atoms with E-state index in [-0.39, 0.29) is 16.8 Å². The number of carbonyl (C=O) groups excluding carboxylic acids is 1. The lowest BCUT2D eigenvalue weighted by Crippen LogP contribution is -2.46. The summed E-state index contributed by atoms with van der Waals surface area (Å²) in [6, 6.07) is 12.4. The van der Waals surface area contributed by atoms with Crippen LogP contribution in [-0.2, 0) is 20.4 Å². The van der Waals surface area contributed by atoms with Gasteiger partial charge >= 0.3 is 5.97 Å². The van der Waals surface area contributed by atoms with Gasteiger partial charge in [-0.05, 0) is 41.2 Å². The van der Waals surface area contributed by atoms with Crippen LogP contribution in [0.25, 0.3) is 21.8 Å². The van der Waals surface area contributed by atoms with Crippen molar-refractivity contribution < 1.29 is 9.53 Å². The van der Waals surface area contributed by atoms with Gasteiger partial charge in [0, 0.05) is 5.41 Å². The fourth-order valence-electron chi connectivity index (χ4n) is 5.41. The van der Waals surface area contributed by atoms with Crippen molar-refractivity contribution in [2.24, 2.45) is 5.41 Å². The molecule has 2 aliphatic rings. The number of ether oxygens (including phenoxy) is 1. The number of rotatable bonds is 1. The van der Waals surface area contributed by atoms with Crippen LogP contribution in [0.5, 0.6) is 0 Å². The van der Waals surface area contributed by atoms with Crippen LogP contribution < -0.4 is 0 Å². The van der Waals surface area contributed by atoms with Crippen molar-refractivity contribution in [2.45, 2.75) is 44.4 Å². The van der Waals surface area contributed by atoms with E-state index in [1.54, 1.807) is 0 Å². The first kappa shape index (κ1) is 15.7. The fraction of sp³-hybridized carbons (Fsp3) is 0.409. The summed E-state index contributed by atoms with van der Waals surface area (Å²) in [4.78, 5) is 23.0. The molecule has 2 aromatic carbocycles. The highest BCUT2D eigenvalue weighted by molar-refractivity contribution is 5.96. The number of hydrogen-bond acceptors (Lipinski definition) is 4. The van der Waals surface area contributed by atoms with Gasteiger partial charge in [-0.15, -0.1) is 0 Å². The summed E-state index contributed by atoms with van der Waals surface area (Å²) in [6.07, 6.45) is 1.69. The van der Waals surface area contributed by atoms with Crippen molar-refractivity contribution in [1.29, 1.82) is 0 Å². The number of carbonyl (C=O) groups is 1. The quantitative estimate of drug-likeness (QED) is 0.487. The highest BCUT2D eigenvalue weighted by Gasteiger charge is 2.73. The molecule has 3 aromatic rings. The number of nitrogens with zero attached hydrogens (tertiary/aromatic N) is 2.